The van der Waals surface area contributed by atoms with Crippen LogP contribution in [0.5, 0.6) is 11.8 Å². The van der Waals surface area contributed by atoms with Crippen molar-refractivity contribution in [1.29, 1.82) is 0 Å². The summed E-state index contributed by atoms with van der Waals surface area (Å²) in [6.45, 7) is 1.11. The molecule has 14 heteroatoms. The Bertz CT molecular complexity index is 1790. The molecule has 1 amide bonds. The Balaban J connectivity index is 1.23. The number of likely N-dealkylation sites (tertiary alicyclic amines) is 1. The van der Waals surface area contributed by atoms with E-state index in [1.807, 2.05) is 41.3 Å². The first-order chi connectivity index (χ1) is 22.7. The molecule has 1 unspecified atom stereocenters. The number of aliphatic hydroxyl groups excluding tert-OH is 1. The molecule has 2 aliphatic heterocycles. The molecule has 2 aromatic heterocycles. The van der Waals surface area contributed by atoms with Crippen molar-refractivity contribution in [3.05, 3.63) is 70.2 Å². The molecule has 6 rings (SSSR count). The Morgan fingerprint density at radius 1 is 0.957 bits per heavy atom. The van der Waals surface area contributed by atoms with E-state index in [9.17, 15) is 14.3 Å². The third kappa shape index (κ3) is 7.02. The van der Waals surface area contributed by atoms with E-state index < -0.39 is 12.3 Å². The smallest absolute Gasteiger partial charge is 0.237 e. The van der Waals surface area contributed by atoms with Crippen LogP contribution in [-0.4, -0.2) is 88.0 Å². The van der Waals surface area contributed by atoms with Gasteiger partial charge in [0.15, 0.2) is 5.67 Å². The largest absolute Gasteiger partial charge is 0.480 e. The van der Waals surface area contributed by atoms with Gasteiger partial charge in [-0.2, -0.15) is 0 Å². The summed E-state index contributed by atoms with van der Waals surface area (Å²) in [4.78, 5) is 31.8. The molecule has 0 saturated carbocycles. The summed E-state index contributed by atoms with van der Waals surface area (Å²) < 4.78 is 25.2. The molecular weight excluding hydrogens is 648 g/mol. The van der Waals surface area contributed by atoms with Crippen LogP contribution in [0.2, 0.25) is 10.0 Å². The minimum Gasteiger partial charge on any atom is -0.480 e. The van der Waals surface area contributed by atoms with Gasteiger partial charge in [-0.15, -0.1) is 0 Å². The lowest BCUT2D eigenvalue weighted by Gasteiger charge is -2.43. The third-order valence-electron chi connectivity index (χ3n) is 8.29. The average Bonchev–Trinajstić information content (AvgIpc) is 3.49. The summed E-state index contributed by atoms with van der Waals surface area (Å²) >= 11 is 14.0. The van der Waals surface area contributed by atoms with Gasteiger partial charge in [-0.05, 0) is 6.42 Å². The van der Waals surface area contributed by atoms with Crippen molar-refractivity contribution in [3.63, 3.8) is 0 Å². The maximum Gasteiger partial charge on any atom is 0.237 e. The summed E-state index contributed by atoms with van der Waals surface area (Å²) in [6, 6.07) is 11.3. The van der Waals surface area contributed by atoms with Gasteiger partial charge in [-0.1, -0.05) is 59.6 Å². The second kappa shape index (κ2) is 14.0. The molecule has 246 valence electrons. The zero-order valence-electron chi connectivity index (χ0n) is 25.9. The van der Waals surface area contributed by atoms with Gasteiger partial charge in [0.2, 0.25) is 17.7 Å². The molecule has 1 atom stereocenters. The molecule has 2 saturated heterocycles. The van der Waals surface area contributed by atoms with E-state index in [-0.39, 0.29) is 25.0 Å². The second-order valence-corrected chi connectivity index (χ2v) is 12.4. The lowest BCUT2D eigenvalue weighted by molar-refractivity contribution is -0.119. The number of carbonyl (C=O) groups is 1. The highest BCUT2D eigenvalue weighted by atomic mass is 35.5. The summed E-state index contributed by atoms with van der Waals surface area (Å²) in [5.41, 5.74) is 3.30. The van der Waals surface area contributed by atoms with Crippen molar-refractivity contribution in [3.8, 4) is 45.4 Å². The maximum absolute atomic E-state index is 14.2. The maximum atomic E-state index is 14.2. The molecule has 3 N–H and O–H groups in total. The molecule has 0 spiro atoms. The van der Waals surface area contributed by atoms with Crippen LogP contribution in [0.25, 0.3) is 33.6 Å². The predicted molar refractivity (Wildman–Crippen MR) is 176 cm³/mol. The SMILES string of the molecule is COc1nc(-c2cccc(-c3cccc(-c4cnc(CN5CC(F)(CO)C5)c(OC)n4)c3Cl)c2Cl)cnc1CNCC1CCC(=O)N1. The Hall–Kier alpha value is -3.94. The molecule has 2 aromatic carbocycles. The molecule has 11 nitrogen and oxygen atoms in total. The minimum atomic E-state index is -1.58. The number of alkyl halides is 1. The summed E-state index contributed by atoms with van der Waals surface area (Å²) in [7, 11) is 3.04. The first kappa shape index (κ1) is 33.0. The van der Waals surface area contributed by atoms with Gasteiger partial charge in [0.05, 0.1) is 54.7 Å². The molecule has 2 aliphatic rings. The van der Waals surface area contributed by atoms with Gasteiger partial charge in [0.1, 0.15) is 11.4 Å². The first-order valence-electron chi connectivity index (χ1n) is 15.1. The molecule has 47 heavy (non-hydrogen) atoms. The van der Waals surface area contributed by atoms with Crippen LogP contribution in [0.3, 0.4) is 0 Å². The van der Waals surface area contributed by atoms with Crippen molar-refractivity contribution < 1.29 is 23.8 Å². The van der Waals surface area contributed by atoms with Gasteiger partial charge in [-0.3, -0.25) is 19.7 Å². The van der Waals surface area contributed by atoms with Crippen LogP contribution in [0, 0.1) is 0 Å². The number of benzene rings is 2. The highest BCUT2D eigenvalue weighted by Crippen LogP contribution is 2.42. The number of hydrogen-bond donors (Lipinski definition) is 3. The number of amides is 1. The molecule has 0 radical (unpaired) electrons. The fraction of sp³-hybridized carbons (Fsp3) is 0.364. The summed E-state index contributed by atoms with van der Waals surface area (Å²) in [6.07, 6.45) is 4.61. The van der Waals surface area contributed by atoms with Crippen molar-refractivity contribution in [2.75, 3.05) is 40.5 Å². The molecule has 4 heterocycles. The Labute approximate surface area is 281 Å². The number of nitrogens with one attached hydrogen (secondary N) is 2. The van der Waals surface area contributed by atoms with E-state index in [1.165, 1.54) is 7.11 Å². The lowest BCUT2D eigenvalue weighted by atomic mass is 9.97. The average molecular weight is 683 g/mol. The number of rotatable bonds is 12. The van der Waals surface area contributed by atoms with E-state index in [2.05, 4.69) is 25.6 Å². The van der Waals surface area contributed by atoms with Crippen molar-refractivity contribution >= 4 is 29.1 Å². The van der Waals surface area contributed by atoms with Crippen LogP contribution in [0.1, 0.15) is 24.2 Å². The van der Waals surface area contributed by atoms with Gasteiger partial charge < -0.3 is 25.2 Å². The number of methoxy groups -OCH3 is 2. The number of ether oxygens (including phenoxy) is 2. The van der Waals surface area contributed by atoms with Crippen LogP contribution in [-0.2, 0) is 17.9 Å². The highest BCUT2D eigenvalue weighted by Gasteiger charge is 2.43. The zero-order valence-corrected chi connectivity index (χ0v) is 27.4. The lowest BCUT2D eigenvalue weighted by Crippen LogP contribution is -2.60. The van der Waals surface area contributed by atoms with Crippen LogP contribution < -0.4 is 20.1 Å². The van der Waals surface area contributed by atoms with Crippen LogP contribution in [0.4, 0.5) is 4.39 Å². The Kier molecular flexibility index (Phi) is 9.85. The number of hydrogen-bond acceptors (Lipinski definition) is 10. The monoisotopic (exact) mass is 681 g/mol. The standard InChI is InChI=1S/C33H34Cl2FN7O4/c1-46-31-26(12-37-11-19-9-10-28(45)40-19)38-13-24(41-31)22-7-3-5-20(29(22)34)21-6-4-8-23(30(21)35)25-14-39-27(32(42-25)47-2)15-43-16-33(36,17-43)18-44/h3-8,13-14,19,37,44H,9-12,15-18H2,1-2H3,(H,40,45). The third-order valence-corrected chi connectivity index (χ3v) is 9.10. The molecule has 2 fully saturated rings. The van der Waals surface area contributed by atoms with Gasteiger partial charge >= 0.3 is 0 Å². The van der Waals surface area contributed by atoms with Crippen LogP contribution >= 0.6 is 23.2 Å². The van der Waals surface area contributed by atoms with Crippen molar-refractivity contribution in [1.82, 2.24) is 35.5 Å². The Morgan fingerprint density at radius 2 is 1.51 bits per heavy atom. The summed E-state index contributed by atoms with van der Waals surface area (Å²) in [5, 5.41) is 16.3. The quantitative estimate of drug-likeness (QED) is 0.197. The number of aromatic nitrogens is 4. The first-order valence-corrected chi connectivity index (χ1v) is 15.9. The number of aliphatic hydroxyl groups is 1. The molecular formula is C33H34Cl2FN7O4. The fourth-order valence-corrected chi connectivity index (χ4v) is 6.51. The molecule has 0 bridgehead atoms. The normalized spacial score (nSPS) is 17.3. The Morgan fingerprint density at radius 3 is 2.04 bits per heavy atom. The predicted octanol–water partition coefficient (Wildman–Crippen LogP) is 4.48. The fourth-order valence-electron chi connectivity index (χ4n) is 5.86. The van der Waals surface area contributed by atoms with E-state index >= 15 is 0 Å². The topological polar surface area (TPSA) is 135 Å². The summed E-state index contributed by atoms with van der Waals surface area (Å²) in [5.74, 6) is 0.749. The number of nitrogens with zero attached hydrogens (tertiary/aromatic N) is 5. The van der Waals surface area contributed by atoms with E-state index in [0.29, 0.717) is 92.9 Å². The van der Waals surface area contributed by atoms with E-state index in [4.69, 9.17) is 37.7 Å². The number of carbonyl (C=O) groups excluding carboxylic acids is 1. The second-order valence-electron chi connectivity index (χ2n) is 11.6. The van der Waals surface area contributed by atoms with Crippen LogP contribution in [0.15, 0.2) is 48.8 Å². The van der Waals surface area contributed by atoms with Crippen molar-refractivity contribution in [2.24, 2.45) is 0 Å². The van der Waals surface area contributed by atoms with Gasteiger partial charge in [0, 0.05) is 67.4 Å². The zero-order chi connectivity index (χ0) is 33.1. The molecule has 4 aromatic rings. The highest BCUT2D eigenvalue weighted by molar-refractivity contribution is 6.39. The van der Waals surface area contributed by atoms with Gasteiger partial charge in [0.25, 0.3) is 0 Å². The van der Waals surface area contributed by atoms with Gasteiger partial charge in [-0.25, -0.2) is 14.4 Å². The minimum absolute atomic E-state index is 0.0732. The van der Waals surface area contributed by atoms with E-state index in [0.717, 1.165) is 6.42 Å². The van der Waals surface area contributed by atoms with E-state index in [1.54, 1.807) is 19.5 Å². The van der Waals surface area contributed by atoms with Crippen molar-refractivity contribution in [2.45, 2.75) is 37.6 Å². The molecule has 0 aliphatic carbocycles. The number of halogens is 3.